The van der Waals surface area contributed by atoms with Crippen molar-refractivity contribution in [3.8, 4) is 0 Å². The molecule has 17 heavy (non-hydrogen) atoms. The number of likely N-dealkylation sites (tertiary alicyclic amines) is 1. The molecule has 0 atom stereocenters. The van der Waals surface area contributed by atoms with Crippen molar-refractivity contribution in [2.24, 2.45) is 5.92 Å². The van der Waals surface area contributed by atoms with Crippen LogP contribution in [0.25, 0.3) is 0 Å². The molecule has 1 aliphatic heterocycles. The molecule has 0 amide bonds. The van der Waals surface area contributed by atoms with Crippen molar-refractivity contribution in [1.82, 2.24) is 14.9 Å². The van der Waals surface area contributed by atoms with E-state index in [4.69, 9.17) is 11.6 Å². The molecule has 94 valence electrons. The number of nitrogens with zero attached hydrogens (tertiary/aromatic N) is 3. The lowest BCUT2D eigenvalue weighted by molar-refractivity contribution is 0.226. The molecule has 1 fully saturated rings. The highest BCUT2D eigenvalue weighted by Gasteiger charge is 2.16. The molecule has 0 aliphatic carbocycles. The van der Waals surface area contributed by atoms with E-state index in [0.717, 1.165) is 18.3 Å². The second-order valence-corrected chi connectivity index (χ2v) is 5.14. The summed E-state index contributed by atoms with van der Waals surface area (Å²) in [6.45, 7) is 5.21. The van der Waals surface area contributed by atoms with Gasteiger partial charge in [-0.1, -0.05) is 11.6 Å². The summed E-state index contributed by atoms with van der Waals surface area (Å²) in [5, 5.41) is 3.86. The predicted octanol–water partition coefficient (Wildman–Crippen LogP) is 2.19. The standard InChI is InChI=1S/C12H19ClN4/c1-9-15-11(13)7-12(16-9)14-8-10-3-5-17(2)6-4-10/h7,10H,3-6,8H2,1-2H3,(H,14,15,16). The SMILES string of the molecule is Cc1nc(Cl)cc(NCC2CCN(C)CC2)n1. The summed E-state index contributed by atoms with van der Waals surface area (Å²) in [7, 11) is 2.18. The number of piperidine rings is 1. The smallest absolute Gasteiger partial charge is 0.134 e. The van der Waals surface area contributed by atoms with Gasteiger partial charge in [0, 0.05) is 12.6 Å². The Kier molecular flexibility index (Phi) is 4.18. The lowest BCUT2D eigenvalue weighted by atomic mass is 9.97. The van der Waals surface area contributed by atoms with Crippen LogP contribution in [0.15, 0.2) is 6.07 Å². The van der Waals surface area contributed by atoms with E-state index in [9.17, 15) is 0 Å². The predicted molar refractivity (Wildman–Crippen MR) is 70.5 cm³/mol. The topological polar surface area (TPSA) is 41.1 Å². The van der Waals surface area contributed by atoms with Gasteiger partial charge >= 0.3 is 0 Å². The number of hydrogen-bond donors (Lipinski definition) is 1. The highest BCUT2D eigenvalue weighted by molar-refractivity contribution is 6.29. The van der Waals surface area contributed by atoms with E-state index in [-0.39, 0.29) is 0 Å². The van der Waals surface area contributed by atoms with Gasteiger partial charge in [0.2, 0.25) is 0 Å². The molecule has 1 N–H and O–H groups in total. The van der Waals surface area contributed by atoms with E-state index in [1.807, 2.05) is 6.92 Å². The summed E-state index contributed by atoms with van der Waals surface area (Å²) >= 11 is 5.89. The first-order valence-corrected chi connectivity index (χ1v) is 6.45. The number of nitrogens with one attached hydrogen (secondary N) is 1. The first-order chi connectivity index (χ1) is 8.13. The van der Waals surface area contributed by atoms with Gasteiger partial charge in [0.15, 0.2) is 0 Å². The molecule has 1 aliphatic rings. The van der Waals surface area contributed by atoms with E-state index >= 15 is 0 Å². The monoisotopic (exact) mass is 254 g/mol. The Balaban J connectivity index is 1.85. The van der Waals surface area contributed by atoms with Crippen molar-refractivity contribution in [2.75, 3.05) is 32.0 Å². The Morgan fingerprint density at radius 2 is 2.12 bits per heavy atom. The number of anilines is 1. The maximum absolute atomic E-state index is 5.89. The van der Waals surface area contributed by atoms with E-state index < -0.39 is 0 Å². The number of halogens is 1. The number of aryl methyl sites for hydroxylation is 1. The Labute approximate surface area is 107 Å². The minimum atomic E-state index is 0.503. The quantitative estimate of drug-likeness (QED) is 0.840. The van der Waals surface area contributed by atoms with Gasteiger partial charge in [0.25, 0.3) is 0 Å². The summed E-state index contributed by atoms with van der Waals surface area (Å²) in [6.07, 6.45) is 2.50. The molecule has 0 radical (unpaired) electrons. The minimum Gasteiger partial charge on any atom is -0.370 e. The van der Waals surface area contributed by atoms with E-state index in [2.05, 4.69) is 27.2 Å². The molecule has 0 unspecified atom stereocenters. The summed E-state index contributed by atoms with van der Waals surface area (Å²) in [5.74, 6) is 2.28. The zero-order valence-corrected chi connectivity index (χ0v) is 11.2. The van der Waals surface area contributed by atoms with Gasteiger partial charge < -0.3 is 10.2 Å². The molecule has 1 saturated heterocycles. The van der Waals surface area contributed by atoms with Gasteiger partial charge in [-0.15, -0.1) is 0 Å². The second-order valence-electron chi connectivity index (χ2n) is 4.75. The van der Waals surface area contributed by atoms with Crippen molar-refractivity contribution >= 4 is 17.4 Å². The van der Waals surface area contributed by atoms with Crippen LogP contribution in [0.5, 0.6) is 0 Å². The van der Waals surface area contributed by atoms with Gasteiger partial charge in [-0.2, -0.15) is 0 Å². The molecule has 1 aromatic heterocycles. The van der Waals surface area contributed by atoms with Crippen molar-refractivity contribution < 1.29 is 0 Å². The average Bonchev–Trinajstić information content (AvgIpc) is 2.27. The minimum absolute atomic E-state index is 0.503. The fraction of sp³-hybridized carbons (Fsp3) is 0.667. The first-order valence-electron chi connectivity index (χ1n) is 6.07. The molecule has 0 aromatic carbocycles. The van der Waals surface area contributed by atoms with Crippen LogP contribution in [0.3, 0.4) is 0 Å². The highest BCUT2D eigenvalue weighted by Crippen LogP contribution is 2.17. The number of rotatable bonds is 3. The van der Waals surface area contributed by atoms with Gasteiger partial charge in [-0.25, -0.2) is 9.97 Å². The zero-order chi connectivity index (χ0) is 12.3. The molecular weight excluding hydrogens is 236 g/mol. The highest BCUT2D eigenvalue weighted by atomic mass is 35.5. The normalized spacial score (nSPS) is 18.3. The number of aromatic nitrogens is 2. The van der Waals surface area contributed by atoms with Gasteiger partial charge in [0.1, 0.15) is 16.8 Å². The van der Waals surface area contributed by atoms with Crippen molar-refractivity contribution in [2.45, 2.75) is 19.8 Å². The zero-order valence-electron chi connectivity index (χ0n) is 10.4. The number of hydrogen-bond acceptors (Lipinski definition) is 4. The molecule has 0 bridgehead atoms. The Morgan fingerprint density at radius 1 is 1.41 bits per heavy atom. The van der Waals surface area contributed by atoms with Crippen LogP contribution in [0.1, 0.15) is 18.7 Å². The van der Waals surface area contributed by atoms with Crippen molar-refractivity contribution in [1.29, 1.82) is 0 Å². The molecule has 2 heterocycles. The second kappa shape index (κ2) is 5.65. The lowest BCUT2D eigenvalue weighted by Gasteiger charge is -2.29. The summed E-state index contributed by atoms with van der Waals surface area (Å²) < 4.78 is 0. The maximum atomic E-state index is 5.89. The fourth-order valence-electron chi connectivity index (χ4n) is 2.14. The van der Waals surface area contributed by atoms with Gasteiger partial charge in [-0.3, -0.25) is 0 Å². The third-order valence-corrected chi connectivity index (χ3v) is 3.41. The Hall–Kier alpha value is -0.870. The van der Waals surface area contributed by atoms with E-state index in [1.165, 1.54) is 25.9 Å². The Morgan fingerprint density at radius 3 is 2.76 bits per heavy atom. The molecule has 2 rings (SSSR count). The van der Waals surface area contributed by atoms with Crippen LogP contribution in [0, 0.1) is 12.8 Å². The molecule has 0 spiro atoms. The van der Waals surface area contributed by atoms with Gasteiger partial charge in [-0.05, 0) is 45.8 Å². The lowest BCUT2D eigenvalue weighted by Crippen LogP contribution is -2.33. The van der Waals surface area contributed by atoms with E-state index in [1.54, 1.807) is 6.07 Å². The van der Waals surface area contributed by atoms with E-state index in [0.29, 0.717) is 11.0 Å². The summed E-state index contributed by atoms with van der Waals surface area (Å²) in [5.41, 5.74) is 0. The largest absolute Gasteiger partial charge is 0.370 e. The molecule has 0 saturated carbocycles. The molecular formula is C12H19ClN4. The van der Waals surface area contributed by atoms with Crippen LogP contribution >= 0.6 is 11.6 Å². The molecule has 4 nitrogen and oxygen atoms in total. The van der Waals surface area contributed by atoms with Crippen LogP contribution in [-0.4, -0.2) is 41.5 Å². The summed E-state index contributed by atoms with van der Waals surface area (Å²) in [6, 6.07) is 1.78. The van der Waals surface area contributed by atoms with Crippen molar-refractivity contribution in [3.05, 3.63) is 17.0 Å². The van der Waals surface area contributed by atoms with Gasteiger partial charge in [0.05, 0.1) is 0 Å². The fourth-order valence-corrected chi connectivity index (χ4v) is 2.36. The first kappa shape index (κ1) is 12.6. The van der Waals surface area contributed by atoms with Crippen LogP contribution in [0.2, 0.25) is 5.15 Å². The van der Waals surface area contributed by atoms with Crippen molar-refractivity contribution in [3.63, 3.8) is 0 Å². The maximum Gasteiger partial charge on any atom is 0.134 e. The Bertz CT molecular complexity index is 355. The van der Waals surface area contributed by atoms with Crippen LogP contribution in [-0.2, 0) is 0 Å². The molecule has 1 aromatic rings. The average molecular weight is 255 g/mol. The van der Waals surface area contributed by atoms with Crippen LogP contribution < -0.4 is 5.32 Å². The third kappa shape index (κ3) is 3.82. The molecule has 5 heteroatoms. The summed E-state index contributed by atoms with van der Waals surface area (Å²) in [4.78, 5) is 10.7. The third-order valence-electron chi connectivity index (χ3n) is 3.22. The van der Waals surface area contributed by atoms with Crippen LogP contribution in [0.4, 0.5) is 5.82 Å².